The van der Waals surface area contributed by atoms with Crippen molar-refractivity contribution in [3.05, 3.63) is 53.7 Å². The molecule has 0 radical (unpaired) electrons. The number of H-pyrrole nitrogens is 1. The zero-order valence-corrected chi connectivity index (χ0v) is 17.2. The number of carbonyl (C=O) groups excluding carboxylic acids is 1. The van der Waals surface area contributed by atoms with E-state index in [9.17, 15) is 14.3 Å². The average Bonchev–Trinajstić information content (AvgIpc) is 3.16. The molecular formula is C22H26FN5O2. The number of carbonyl (C=O) groups is 1. The van der Waals surface area contributed by atoms with E-state index in [1.54, 1.807) is 18.2 Å². The first-order valence-electron chi connectivity index (χ1n) is 10.2. The van der Waals surface area contributed by atoms with Crippen molar-refractivity contribution >= 4 is 22.8 Å². The molecule has 1 amide bonds. The minimum atomic E-state index is -1.08. The summed E-state index contributed by atoms with van der Waals surface area (Å²) in [5, 5.41) is 13.9. The number of piperidine rings is 1. The Bertz CT molecular complexity index is 1050. The van der Waals surface area contributed by atoms with E-state index in [1.807, 2.05) is 11.0 Å². The van der Waals surface area contributed by atoms with E-state index < -0.39 is 11.4 Å². The third kappa shape index (κ3) is 4.28. The van der Waals surface area contributed by atoms with Gasteiger partial charge in [0.2, 0.25) is 0 Å². The molecule has 8 heteroatoms. The number of pyridine rings is 1. The highest BCUT2D eigenvalue weighted by atomic mass is 19.1. The largest absolute Gasteiger partial charge is 0.386 e. The zero-order chi connectivity index (χ0) is 21.3. The number of nitrogens with zero attached hydrogens (tertiary/aromatic N) is 3. The van der Waals surface area contributed by atoms with Crippen LogP contribution in [-0.2, 0) is 0 Å². The third-order valence-corrected chi connectivity index (χ3v) is 5.48. The number of halogens is 1. The van der Waals surface area contributed by atoms with Gasteiger partial charge in [0.15, 0.2) is 0 Å². The van der Waals surface area contributed by atoms with Gasteiger partial charge < -0.3 is 20.3 Å². The Labute approximate surface area is 174 Å². The number of aliphatic hydroxyl groups is 1. The Kier molecular flexibility index (Phi) is 5.42. The molecule has 1 aliphatic rings. The molecule has 2 aromatic heterocycles. The lowest BCUT2D eigenvalue weighted by Gasteiger charge is -2.39. The number of rotatable bonds is 5. The molecule has 158 valence electrons. The van der Waals surface area contributed by atoms with Crippen LogP contribution in [-0.4, -0.2) is 51.2 Å². The predicted octanol–water partition coefficient (Wildman–Crippen LogP) is 2.98. The van der Waals surface area contributed by atoms with Gasteiger partial charge in [0.25, 0.3) is 5.91 Å². The standard InChI is InChI=1S/C22H26FN5O2/c1-14(2)20-26-17-6-4-15(10-18(17)27-20)21(29)25-12-22(30)8-3-9-28(13-22)19-7-5-16(23)11-24-19/h4-7,10-11,14,30H,3,8-9,12-13H2,1-2H3,(H,25,29)(H,26,27). The summed E-state index contributed by atoms with van der Waals surface area (Å²) in [5.74, 6) is 1.13. The third-order valence-electron chi connectivity index (χ3n) is 5.48. The summed E-state index contributed by atoms with van der Waals surface area (Å²) in [5.41, 5.74) is 1.07. The summed E-state index contributed by atoms with van der Waals surface area (Å²) in [6, 6.07) is 8.30. The lowest BCUT2D eigenvalue weighted by Crippen LogP contribution is -2.54. The van der Waals surface area contributed by atoms with E-state index in [1.165, 1.54) is 12.3 Å². The molecule has 0 saturated carbocycles. The summed E-state index contributed by atoms with van der Waals surface area (Å²) < 4.78 is 13.1. The molecule has 1 aliphatic heterocycles. The first-order chi connectivity index (χ1) is 14.3. The molecule has 0 bridgehead atoms. The molecule has 30 heavy (non-hydrogen) atoms. The molecule has 1 aromatic carbocycles. The van der Waals surface area contributed by atoms with Crippen molar-refractivity contribution in [2.45, 2.75) is 38.2 Å². The molecule has 1 unspecified atom stereocenters. The van der Waals surface area contributed by atoms with E-state index in [4.69, 9.17) is 0 Å². The highest BCUT2D eigenvalue weighted by Gasteiger charge is 2.34. The van der Waals surface area contributed by atoms with Gasteiger partial charge in [-0.05, 0) is 43.2 Å². The van der Waals surface area contributed by atoms with Crippen molar-refractivity contribution in [2.24, 2.45) is 0 Å². The lowest BCUT2D eigenvalue weighted by atomic mass is 9.92. The molecule has 7 nitrogen and oxygen atoms in total. The minimum absolute atomic E-state index is 0.127. The van der Waals surface area contributed by atoms with Crippen LogP contribution in [0.25, 0.3) is 11.0 Å². The lowest BCUT2D eigenvalue weighted by molar-refractivity contribution is 0.0254. The molecule has 1 fully saturated rings. The van der Waals surface area contributed by atoms with Gasteiger partial charge in [0.1, 0.15) is 17.5 Å². The van der Waals surface area contributed by atoms with Gasteiger partial charge in [0, 0.05) is 31.1 Å². The molecule has 0 aliphatic carbocycles. The number of hydrogen-bond donors (Lipinski definition) is 3. The van der Waals surface area contributed by atoms with Crippen LogP contribution in [0.4, 0.5) is 10.2 Å². The molecule has 4 rings (SSSR count). The number of aromatic amines is 1. The first-order valence-corrected chi connectivity index (χ1v) is 10.2. The zero-order valence-electron chi connectivity index (χ0n) is 17.2. The Morgan fingerprint density at radius 2 is 2.20 bits per heavy atom. The fraction of sp³-hybridized carbons (Fsp3) is 0.409. The van der Waals surface area contributed by atoms with Crippen molar-refractivity contribution < 1.29 is 14.3 Å². The van der Waals surface area contributed by atoms with Gasteiger partial charge in [0.05, 0.1) is 22.8 Å². The van der Waals surface area contributed by atoms with E-state index in [-0.39, 0.29) is 18.4 Å². The number of aromatic nitrogens is 3. The van der Waals surface area contributed by atoms with E-state index in [0.717, 1.165) is 29.8 Å². The number of imidazole rings is 1. The summed E-state index contributed by atoms with van der Waals surface area (Å²) >= 11 is 0. The Morgan fingerprint density at radius 1 is 1.37 bits per heavy atom. The van der Waals surface area contributed by atoms with Crippen molar-refractivity contribution in [3.8, 4) is 0 Å². The van der Waals surface area contributed by atoms with Crippen LogP contribution in [0, 0.1) is 5.82 Å². The molecule has 1 atom stereocenters. The normalized spacial score (nSPS) is 19.4. The minimum Gasteiger partial charge on any atom is -0.386 e. The molecule has 3 heterocycles. The van der Waals surface area contributed by atoms with Crippen LogP contribution in [0.3, 0.4) is 0 Å². The van der Waals surface area contributed by atoms with Crippen LogP contribution in [0.2, 0.25) is 0 Å². The fourth-order valence-electron chi connectivity index (χ4n) is 3.80. The van der Waals surface area contributed by atoms with Gasteiger partial charge in [-0.3, -0.25) is 4.79 Å². The maximum Gasteiger partial charge on any atom is 0.251 e. The van der Waals surface area contributed by atoms with Crippen molar-refractivity contribution in [3.63, 3.8) is 0 Å². The fourth-order valence-corrected chi connectivity index (χ4v) is 3.80. The summed E-state index contributed by atoms with van der Waals surface area (Å²) in [7, 11) is 0. The molecule has 3 N–H and O–H groups in total. The van der Waals surface area contributed by atoms with Crippen LogP contribution in [0.5, 0.6) is 0 Å². The van der Waals surface area contributed by atoms with Gasteiger partial charge in [-0.1, -0.05) is 13.8 Å². The van der Waals surface area contributed by atoms with E-state index >= 15 is 0 Å². The van der Waals surface area contributed by atoms with Crippen molar-refractivity contribution in [1.29, 1.82) is 0 Å². The van der Waals surface area contributed by atoms with Crippen LogP contribution < -0.4 is 10.2 Å². The predicted molar refractivity (Wildman–Crippen MR) is 113 cm³/mol. The number of anilines is 1. The monoisotopic (exact) mass is 411 g/mol. The number of amides is 1. The van der Waals surface area contributed by atoms with E-state index in [2.05, 4.69) is 34.1 Å². The SMILES string of the molecule is CC(C)c1nc2ccc(C(=O)NCC3(O)CCCN(c4ccc(F)cn4)C3)cc2[nH]1. The number of β-amino-alcohol motifs (C(OH)–C–C–N with tert-alkyl or cyclic N) is 1. The maximum atomic E-state index is 13.1. The Balaban J connectivity index is 1.42. The summed E-state index contributed by atoms with van der Waals surface area (Å²) in [6.07, 6.45) is 2.49. The smallest absolute Gasteiger partial charge is 0.251 e. The summed E-state index contributed by atoms with van der Waals surface area (Å²) in [6.45, 7) is 5.29. The molecular weight excluding hydrogens is 385 g/mol. The topological polar surface area (TPSA) is 94.1 Å². The Hall–Kier alpha value is -3.00. The van der Waals surface area contributed by atoms with Gasteiger partial charge >= 0.3 is 0 Å². The quantitative estimate of drug-likeness (QED) is 0.600. The second-order valence-electron chi connectivity index (χ2n) is 8.28. The maximum absolute atomic E-state index is 13.1. The average molecular weight is 411 g/mol. The Morgan fingerprint density at radius 3 is 2.93 bits per heavy atom. The second kappa shape index (κ2) is 8.02. The van der Waals surface area contributed by atoms with Crippen LogP contribution in [0.1, 0.15) is 48.8 Å². The number of hydrogen-bond acceptors (Lipinski definition) is 5. The second-order valence-corrected chi connectivity index (χ2v) is 8.28. The molecule has 1 saturated heterocycles. The van der Waals surface area contributed by atoms with Gasteiger partial charge in [-0.15, -0.1) is 0 Å². The van der Waals surface area contributed by atoms with Crippen LogP contribution in [0.15, 0.2) is 36.5 Å². The van der Waals surface area contributed by atoms with E-state index in [0.29, 0.717) is 24.3 Å². The molecule has 3 aromatic rings. The first kappa shape index (κ1) is 20.3. The summed E-state index contributed by atoms with van der Waals surface area (Å²) in [4.78, 5) is 26.5. The van der Waals surface area contributed by atoms with Gasteiger partial charge in [-0.2, -0.15) is 0 Å². The molecule has 0 spiro atoms. The van der Waals surface area contributed by atoms with Crippen molar-refractivity contribution in [2.75, 3.05) is 24.5 Å². The number of benzene rings is 1. The number of nitrogens with one attached hydrogen (secondary N) is 2. The van der Waals surface area contributed by atoms with Crippen LogP contribution >= 0.6 is 0 Å². The highest BCUT2D eigenvalue weighted by molar-refractivity contribution is 5.97. The number of fused-ring (bicyclic) bond motifs is 1. The van der Waals surface area contributed by atoms with Gasteiger partial charge in [-0.25, -0.2) is 14.4 Å². The van der Waals surface area contributed by atoms with Crippen molar-refractivity contribution in [1.82, 2.24) is 20.3 Å². The highest BCUT2D eigenvalue weighted by Crippen LogP contribution is 2.25.